The molecular weight excluding hydrogens is 389 g/mol. The fourth-order valence-corrected chi connectivity index (χ4v) is 5.11. The number of hydrogen-bond donors (Lipinski definition) is 1. The van der Waals surface area contributed by atoms with Crippen molar-refractivity contribution >= 4 is 52.3 Å². The standard InChI is InChI=1S/C19H25N3OS.2ClH/c23-18(8-7-14-9-11-20-12-10-14)22-13-3-5-16(22)19-21-15-4-1-2-6-17(15)24-19;;/h1-2,4,6,14,16,20H,3,5,7-13H2;2*1H. The minimum absolute atomic E-state index is 0. The van der Waals surface area contributed by atoms with Gasteiger partial charge < -0.3 is 10.2 Å². The Bertz CT molecular complexity index is 685. The number of halogens is 2. The second-order valence-corrected chi connectivity index (χ2v) is 8.06. The summed E-state index contributed by atoms with van der Waals surface area (Å²) in [5.74, 6) is 1.05. The third kappa shape index (κ3) is 4.69. The van der Waals surface area contributed by atoms with E-state index in [1.807, 2.05) is 6.07 Å². The largest absolute Gasteiger partial charge is 0.333 e. The van der Waals surface area contributed by atoms with Gasteiger partial charge in [-0.05, 0) is 63.2 Å². The van der Waals surface area contributed by atoms with Crippen LogP contribution in [0.4, 0.5) is 0 Å². The number of piperidine rings is 1. The number of carbonyl (C=O) groups is 1. The highest BCUT2D eigenvalue weighted by Gasteiger charge is 2.32. The first kappa shape index (κ1) is 21.4. The van der Waals surface area contributed by atoms with E-state index < -0.39 is 0 Å². The van der Waals surface area contributed by atoms with Crippen molar-refractivity contribution < 1.29 is 4.79 Å². The molecular formula is C19H27Cl2N3OS. The third-order valence-electron chi connectivity index (χ3n) is 5.39. The molecule has 0 radical (unpaired) electrons. The summed E-state index contributed by atoms with van der Waals surface area (Å²) in [6, 6.07) is 8.47. The van der Waals surface area contributed by atoms with E-state index in [0.29, 0.717) is 12.3 Å². The molecule has 4 rings (SSSR count). The summed E-state index contributed by atoms with van der Waals surface area (Å²) < 4.78 is 1.22. The van der Waals surface area contributed by atoms with Crippen molar-refractivity contribution in [1.29, 1.82) is 0 Å². The van der Waals surface area contributed by atoms with Crippen LogP contribution in [-0.4, -0.2) is 35.4 Å². The normalized spacial score (nSPS) is 20.6. The summed E-state index contributed by atoms with van der Waals surface area (Å²) in [7, 11) is 0. The van der Waals surface area contributed by atoms with Gasteiger partial charge in [0.1, 0.15) is 5.01 Å². The van der Waals surface area contributed by atoms with Crippen LogP contribution in [0.1, 0.15) is 49.6 Å². The molecule has 1 unspecified atom stereocenters. The van der Waals surface area contributed by atoms with E-state index in [0.717, 1.165) is 55.3 Å². The maximum atomic E-state index is 12.8. The molecule has 7 heteroatoms. The van der Waals surface area contributed by atoms with Crippen LogP contribution in [0.15, 0.2) is 24.3 Å². The summed E-state index contributed by atoms with van der Waals surface area (Å²) in [6.45, 7) is 3.11. The number of hydrogen-bond acceptors (Lipinski definition) is 4. The van der Waals surface area contributed by atoms with Gasteiger partial charge in [0, 0.05) is 13.0 Å². The molecule has 1 N–H and O–H groups in total. The molecule has 1 atom stereocenters. The highest BCUT2D eigenvalue weighted by atomic mass is 35.5. The van der Waals surface area contributed by atoms with E-state index in [4.69, 9.17) is 4.98 Å². The van der Waals surface area contributed by atoms with Gasteiger partial charge in [-0.2, -0.15) is 0 Å². The molecule has 2 aromatic rings. The van der Waals surface area contributed by atoms with Gasteiger partial charge in [-0.1, -0.05) is 12.1 Å². The lowest BCUT2D eigenvalue weighted by Crippen LogP contribution is -2.32. The summed E-state index contributed by atoms with van der Waals surface area (Å²) in [4.78, 5) is 19.7. The van der Waals surface area contributed by atoms with Crippen molar-refractivity contribution in [3.8, 4) is 0 Å². The molecule has 1 aromatic carbocycles. The fraction of sp³-hybridized carbons (Fsp3) is 0.579. The zero-order valence-electron chi connectivity index (χ0n) is 14.9. The topological polar surface area (TPSA) is 45.2 Å². The first-order chi connectivity index (χ1) is 11.8. The highest BCUT2D eigenvalue weighted by molar-refractivity contribution is 7.18. The molecule has 2 fully saturated rings. The van der Waals surface area contributed by atoms with Crippen LogP contribution in [0, 0.1) is 5.92 Å². The van der Waals surface area contributed by atoms with Crippen molar-refractivity contribution in [1.82, 2.24) is 15.2 Å². The Kier molecular flexibility index (Phi) is 8.14. The van der Waals surface area contributed by atoms with Gasteiger partial charge >= 0.3 is 0 Å². The minimum Gasteiger partial charge on any atom is -0.333 e. The van der Waals surface area contributed by atoms with Gasteiger partial charge in [0.25, 0.3) is 0 Å². The maximum absolute atomic E-state index is 12.8. The number of nitrogens with zero attached hydrogens (tertiary/aromatic N) is 2. The zero-order chi connectivity index (χ0) is 16.4. The SMILES string of the molecule is Cl.Cl.O=C(CCC1CCNCC1)N1CCCC1c1nc2ccccc2s1. The van der Waals surface area contributed by atoms with E-state index in [1.165, 1.54) is 17.5 Å². The van der Waals surface area contributed by atoms with Crippen LogP contribution in [0.2, 0.25) is 0 Å². The highest BCUT2D eigenvalue weighted by Crippen LogP contribution is 2.37. The minimum atomic E-state index is 0. The molecule has 2 aliphatic heterocycles. The van der Waals surface area contributed by atoms with Gasteiger partial charge in [0.2, 0.25) is 5.91 Å². The Balaban J connectivity index is 0.00000121. The molecule has 1 aromatic heterocycles. The smallest absolute Gasteiger partial charge is 0.223 e. The number of nitrogens with one attached hydrogen (secondary N) is 1. The van der Waals surface area contributed by atoms with E-state index in [1.54, 1.807) is 11.3 Å². The summed E-state index contributed by atoms with van der Waals surface area (Å²) in [5.41, 5.74) is 1.06. The number of benzene rings is 1. The molecule has 144 valence electrons. The van der Waals surface area contributed by atoms with Gasteiger partial charge in [-0.15, -0.1) is 36.2 Å². The van der Waals surface area contributed by atoms with Crippen LogP contribution in [0.5, 0.6) is 0 Å². The maximum Gasteiger partial charge on any atom is 0.223 e. The van der Waals surface area contributed by atoms with Gasteiger partial charge in [-0.25, -0.2) is 4.98 Å². The van der Waals surface area contributed by atoms with E-state index >= 15 is 0 Å². The lowest BCUT2D eigenvalue weighted by molar-refractivity contribution is -0.132. The lowest BCUT2D eigenvalue weighted by atomic mass is 9.93. The van der Waals surface area contributed by atoms with Crippen LogP contribution in [-0.2, 0) is 4.79 Å². The van der Waals surface area contributed by atoms with E-state index in [-0.39, 0.29) is 30.9 Å². The molecule has 1 amide bonds. The average Bonchev–Trinajstić information content (AvgIpc) is 3.26. The second kappa shape index (κ2) is 9.88. The van der Waals surface area contributed by atoms with Crippen LogP contribution in [0.25, 0.3) is 10.2 Å². The molecule has 0 saturated carbocycles. The van der Waals surface area contributed by atoms with E-state index in [9.17, 15) is 4.79 Å². The summed E-state index contributed by atoms with van der Waals surface area (Å²) >= 11 is 1.75. The van der Waals surface area contributed by atoms with Crippen molar-refractivity contribution in [3.63, 3.8) is 0 Å². The number of carbonyl (C=O) groups excluding carboxylic acids is 1. The Morgan fingerprint density at radius 1 is 1.19 bits per heavy atom. The van der Waals surface area contributed by atoms with Gasteiger partial charge in [0.05, 0.1) is 16.3 Å². The number of fused-ring (bicyclic) bond motifs is 1. The number of aromatic nitrogens is 1. The quantitative estimate of drug-likeness (QED) is 0.794. The molecule has 2 saturated heterocycles. The van der Waals surface area contributed by atoms with Crippen LogP contribution < -0.4 is 5.32 Å². The molecule has 4 nitrogen and oxygen atoms in total. The van der Waals surface area contributed by atoms with Gasteiger partial charge in [0.15, 0.2) is 0 Å². The summed E-state index contributed by atoms with van der Waals surface area (Å²) in [5, 5.41) is 4.51. The number of likely N-dealkylation sites (tertiary alicyclic amines) is 1. The Labute approximate surface area is 171 Å². The Morgan fingerprint density at radius 3 is 2.73 bits per heavy atom. The van der Waals surface area contributed by atoms with Crippen molar-refractivity contribution in [3.05, 3.63) is 29.3 Å². The monoisotopic (exact) mass is 415 g/mol. The number of rotatable bonds is 4. The van der Waals surface area contributed by atoms with Crippen molar-refractivity contribution in [2.45, 2.75) is 44.6 Å². The molecule has 0 spiro atoms. The predicted molar refractivity (Wildman–Crippen MR) is 113 cm³/mol. The first-order valence-electron chi connectivity index (χ1n) is 9.17. The van der Waals surface area contributed by atoms with Crippen molar-refractivity contribution in [2.24, 2.45) is 5.92 Å². The van der Waals surface area contributed by atoms with Crippen LogP contribution in [0.3, 0.4) is 0 Å². The summed E-state index contributed by atoms with van der Waals surface area (Å²) in [6.07, 6.45) is 6.33. The molecule has 2 aliphatic rings. The zero-order valence-corrected chi connectivity index (χ0v) is 17.3. The molecule has 3 heterocycles. The molecule has 26 heavy (non-hydrogen) atoms. The molecule has 0 aliphatic carbocycles. The number of thiazole rings is 1. The molecule has 0 bridgehead atoms. The third-order valence-corrected chi connectivity index (χ3v) is 6.53. The second-order valence-electron chi connectivity index (χ2n) is 7.00. The lowest BCUT2D eigenvalue weighted by Gasteiger charge is -2.26. The fourth-order valence-electron chi connectivity index (χ4n) is 4.00. The number of amides is 1. The van der Waals surface area contributed by atoms with Crippen molar-refractivity contribution in [2.75, 3.05) is 19.6 Å². The average molecular weight is 416 g/mol. The first-order valence-corrected chi connectivity index (χ1v) is 9.98. The Morgan fingerprint density at radius 2 is 1.96 bits per heavy atom. The van der Waals surface area contributed by atoms with E-state index in [2.05, 4.69) is 28.4 Å². The number of para-hydroxylation sites is 1. The predicted octanol–water partition coefficient (Wildman–Crippen LogP) is 4.58. The van der Waals surface area contributed by atoms with Gasteiger partial charge in [-0.3, -0.25) is 4.79 Å². The Hall–Kier alpha value is -0.880. The van der Waals surface area contributed by atoms with Crippen LogP contribution >= 0.6 is 36.2 Å².